The summed E-state index contributed by atoms with van der Waals surface area (Å²) in [5, 5.41) is 1.96. The quantitative estimate of drug-likeness (QED) is 0.418. The van der Waals surface area contributed by atoms with Gasteiger partial charge in [0, 0.05) is 43.2 Å². The second-order valence-electron chi connectivity index (χ2n) is 8.23. The molecule has 1 aliphatic heterocycles. The van der Waals surface area contributed by atoms with Crippen LogP contribution in [0.4, 0.5) is 24.8 Å². The molecule has 1 fully saturated rings. The first-order valence-corrected chi connectivity index (χ1v) is 11.5. The molecule has 0 spiro atoms. The minimum absolute atomic E-state index is 0.0207. The lowest BCUT2D eigenvalue weighted by molar-refractivity contribution is -0.137. The number of nitrogens with two attached hydrogens (primary N) is 1. The number of carbonyl (C=O) groups is 1. The maximum Gasteiger partial charge on any atom is 0.417 e. The first kappa shape index (κ1) is 25.5. The Balaban J connectivity index is 1.40. The van der Waals surface area contributed by atoms with Crippen molar-refractivity contribution in [2.75, 3.05) is 23.3 Å². The molecule has 188 valence electrons. The summed E-state index contributed by atoms with van der Waals surface area (Å²) in [5.74, 6) is 0.800. The Morgan fingerprint density at radius 1 is 1.22 bits per heavy atom. The average molecular weight is 518 g/mol. The summed E-state index contributed by atoms with van der Waals surface area (Å²) < 4.78 is 44.9. The van der Waals surface area contributed by atoms with Gasteiger partial charge in [-0.05, 0) is 54.8 Å². The number of halogens is 4. The predicted octanol–water partition coefficient (Wildman–Crippen LogP) is 5.52. The Morgan fingerprint density at radius 2 is 2.06 bits per heavy atom. The van der Waals surface area contributed by atoms with E-state index in [1.807, 2.05) is 4.90 Å². The number of piperidine rings is 1. The van der Waals surface area contributed by atoms with Gasteiger partial charge in [-0.2, -0.15) is 18.2 Å². The second-order valence-corrected chi connectivity index (χ2v) is 8.64. The number of hydrogen-bond donors (Lipinski definition) is 2. The van der Waals surface area contributed by atoms with Crippen LogP contribution in [-0.2, 0) is 11.0 Å². The van der Waals surface area contributed by atoms with E-state index in [-0.39, 0.29) is 11.7 Å². The van der Waals surface area contributed by atoms with Crippen molar-refractivity contribution in [2.24, 2.45) is 5.73 Å². The van der Waals surface area contributed by atoms with Gasteiger partial charge < -0.3 is 20.7 Å². The highest BCUT2D eigenvalue weighted by Crippen LogP contribution is 2.36. The summed E-state index contributed by atoms with van der Waals surface area (Å²) in [6.45, 7) is 1.51. The van der Waals surface area contributed by atoms with Gasteiger partial charge in [0.25, 0.3) is 0 Å². The number of carbonyl (C=O) groups excluding carboxylic acids is 1. The molecule has 3 N–H and O–H groups in total. The average Bonchev–Trinajstić information content (AvgIpc) is 2.84. The molecule has 36 heavy (non-hydrogen) atoms. The van der Waals surface area contributed by atoms with Crippen LogP contribution in [0, 0.1) is 0 Å². The van der Waals surface area contributed by atoms with Crippen LogP contribution in [0.5, 0.6) is 11.6 Å². The molecule has 0 saturated carbocycles. The van der Waals surface area contributed by atoms with Gasteiger partial charge >= 0.3 is 6.18 Å². The Labute approximate surface area is 210 Å². The SMILES string of the molecule is NC1CCCN(c2nccc(Oc3cccc(C=CC(=O)Nc4ccc(Cl)c(C(F)(F)F)c4)c3)n2)C1. The molecule has 1 aromatic heterocycles. The van der Waals surface area contributed by atoms with E-state index in [0.717, 1.165) is 31.5 Å². The van der Waals surface area contributed by atoms with Crippen molar-refractivity contribution in [1.82, 2.24) is 9.97 Å². The molecular weight excluding hydrogens is 495 g/mol. The third-order valence-corrected chi connectivity index (χ3v) is 5.73. The number of rotatable bonds is 6. The Kier molecular flexibility index (Phi) is 7.76. The van der Waals surface area contributed by atoms with Gasteiger partial charge in [0.2, 0.25) is 17.7 Å². The van der Waals surface area contributed by atoms with Crippen molar-refractivity contribution in [3.05, 3.63) is 77.0 Å². The number of alkyl halides is 3. The number of nitrogens with one attached hydrogen (secondary N) is 1. The number of ether oxygens (including phenoxy) is 1. The summed E-state index contributed by atoms with van der Waals surface area (Å²) in [6.07, 6.45) is 1.66. The second kappa shape index (κ2) is 11.0. The van der Waals surface area contributed by atoms with E-state index in [4.69, 9.17) is 22.1 Å². The molecule has 4 rings (SSSR count). The van der Waals surface area contributed by atoms with Crippen LogP contribution in [0.15, 0.2) is 60.8 Å². The zero-order chi connectivity index (χ0) is 25.7. The lowest BCUT2D eigenvalue weighted by Crippen LogP contribution is -2.43. The first-order chi connectivity index (χ1) is 17.2. The number of nitrogens with zero attached hydrogens (tertiary/aromatic N) is 3. The fourth-order valence-electron chi connectivity index (χ4n) is 3.71. The molecule has 1 amide bonds. The molecule has 3 aromatic rings. The predicted molar refractivity (Wildman–Crippen MR) is 132 cm³/mol. The third-order valence-electron chi connectivity index (χ3n) is 5.40. The van der Waals surface area contributed by atoms with Gasteiger partial charge in [-0.25, -0.2) is 4.98 Å². The molecule has 11 heteroatoms. The van der Waals surface area contributed by atoms with E-state index in [1.54, 1.807) is 36.5 Å². The first-order valence-electron chi connectivity index (χ1n) is 11.1. The molecule has 0 radical (unpaired) electrons. The monoisotopic (exact) mass is 517 g/mol. The van der Waals surface area contributed by atoms with E-state index < -0.39 is 22.7 Å². The third kappa shape index (κ3) is 6.73. The summed E-state index contributed by atoms with van der Waals surface area (Å²) in [4.78, 5) is 23.1. The molecule has 0 bridgehead atoms. The highest BCUT2D eigenvalue weighted by molar-refractivity contribution is 6.31. The van der Waals surface area contributed by atoms with E-state index in [0.29, 0.717) is 29.7 Å². The van der Waals surface area contributed by atoms with Crippen LogP contribution in [-0.4, -0.2) is 35.0 Å². The van der Waals surface area contributed by atoms with Crippen molar-refractivity contribution < 1.29 is 22.7 Å². The summed E-state index contributed by atoms with van der Waals surface area (Å²) in [6, 6.07) is 11.8. The van der Waals surface area contributed by atoms with Crippen molar-refractivity contribution >= 4 is 35.2 Å². The van der Waals surface area contributed by atoms with Crippen LogP contribution in [0.2, 0.25) is 5.02 Å². The maximum atomic E-state index is 13.0. The van der Waals surface area contributed by atoms with Crippen molar-refractivity contribution in [2.45, 2.75) is 25.1 Å². The van der Waals surface area contributed by atoms with Crippen LogP contribution in [0.3, 0.4) is 0 Å². The summed E-state index contributed by atoms with van der Waals surface area (Å²) in [5.41, 5.74) is 5.65. The van der Waals surface area contributed by atoms with Gasteiger partial charge in [-0.15, -0.1) is 0 Å². The van der Waals surface area contributed by atoms with Gasteiger partial charge in [-0.1, -0.05) is 23.7 Å². The minimum Gasteiger partial charge on any atom is -0.439 e. The normalized spacial score (nSPS) is 16.2. The topological polar surface area (TPSA) is 93.4 Å². The van der Waals surface area contributed by atoms with Crippen LogP contribution in [0.25, 0.3) is 6.08 Å². The highest BCUT2D eigenvalue weighted by Gasteiger charge is 2.33. The fraction of sp³-hybridized carbons (Fsp3) is 0.240. The molecule has 1 unspecified atom stereocenters. The van der Waals surface area contributed by atoms with E-state index >= 15 is 0 Å². The van der Waals surface area contributed by atoms with E-state index in [9.17, 15) is 18.0 Å². The van der Waals surface area contributed by atoms with Crippen molar-refractivity contribution in [3.8, 4) is 11.6 Å². The molecule has 2 heterocycles. The smallest absolute Gasteiger partial charge is 0.417 e. The Morgan fingerprint density at radius 3 is 2.83 bits per heavy atom. The number of anilines is 2. The van der Waals surface area contributed by atoms with Crippen molar-refractivity contribution in [3.63, 3.8) is 0 Å². The number of aromatic nitrogens is 2. The lowest BCUT2D eigenvalue weighted by atomic mass is 10.1. The number of hydrogen-bond acceptors (Lipinski definition) is 6. The standard InChI is InChI=1S/C25H23ClF3N5O2/c26-21-8-7-18(14-20(21)25(27,28)29)32-22(35)9-6-16-3-1-5-19(13-16)36-23-10-11-31-24(33-23)34-12-2-4-17(30)15-34/h1,3,5-11,13-14,17H,2,4,12,15,30H2,(H,32,35). The van der Waals surface area contributed by atoms with Crippen molar-refractivity contribution in [1.29, 1.82) is 0 Å². The lowest BCUT2D eigenvalue weighted by Gasteiger charge is -2.30. The van der Waals surface area contributed by atoms with Gasteiger partial charge in [0.15, 0.2) is 0 Å². The molecule has 1 aliphatic rings. The Bertz CT molecular complexity index is 1270. The highest BCUT2D eigenvalue weighted by atomic mass is 35.5. The van der Waals surface area contributed by atoms with Gasteiger partial charge in [0.05, 0.1) is 10.6 Å². The number of amides is 1. The molecular formula is C25H23ClF3N5O2. The zero-order valence-corrected chi connectivity index (χ0v) is 19.8. The molecule has 1 saturated heterocycles. The molecule has 2 aromatic carbocycles. The molecule has 7 nitrogen and oxygen atoms in total. The number of benzene rings is 2. The molecule has 0 aliphatic carbocycles. The van der Waals surface area contributed by atoms with Crippen LogP contribution < -0.4 is 20.7 Å². The minimum atomic E-state index is -4.63. The molecule has 1 atom stereocenters. The summed E-state index contributed by atoms with van der Waals surface area (Å²) in [7, 11) is 0. The Hall–Kier alpha value is -3.63. The van der Waals surface area contributed by atoms with Crippen LogP contribution >= 0.6 is 11.6 Å². The largest absolute Gasteiger partial charge is 0.439 e. The summed E-state index contributed by atoms with van der Waals surface area (Å²) >= 11 is 5.61. The fourth-order valence-corrected chi connectivity index (χ4v) is 3.94. The van der Waals surface area contributed by atoms with Gasteiger partial charge in [-0.3, -0.25) is 4.79 Å². The van der Waals surface area contributed by atoms with E-state index in [2.05, 4.69) is 15.3 Å². The van der Waals surface area contributed by atoms with Gasteiger partial charge in [0.1, 0.15) is 5.75 Å². The zero-order valence-electron chi connectivity index (χ0n) is 19.0. The van der Waals surface area contributed by atoms with E-state index in [1.165, 1.54) is 18.2 Å². The maximum absolute atomic E-state index is 13.0. The van der Waals surface area contributed by atoms with Crippen LogP contribution in [0.1, 0.15) is 24.0 Å².